The van der Waals surface area contributed by atoms with Gasteiger partial charge in [-0.2, -0.15) is 0 Å². The minimum absolute atomic E-state index is 0.213. The molecule has 0 aliphatic rings. The van der Waals surface area contributed by atoms with E-state index in [0.29, 0.717) is 10.8 Å². The molecule has 0 aliphatic carbocycles. The van der Waals surface area contributed by atoms with Gasteiger partial charge in [-0.3, -0.25) is 0 Å². The molecule has 5 heteroatoms. The number of rotatable bonds is 7. The summed E-state index contributed by atoms with van der Waals surface area (Å²) in [5.74, 6) is 0.0494. The molecule has 0 atom stereocenters. The van der Waals surface area contributed by atoms with Crippen molar-refractivity contribution in [2.75, 3.05) is 6.61 Å². The molecule has 0 saturated carbocycles. The van der Waals surface area contributed by atoms with Gasteiger partial charge in [-0.25, -0.2) is 0 Å². The van der Waals surface area contributed by atoms with Crippen LogP contribution in [-0.2, 0) is 7.87 Å². The van der Waals surface area contributed by atoms with Gasteiger partial charge in [-0.15, -0.1) is 0 Å². The van der Waals surface area contributed by atoms with Crippen LogP contribution in [0.2, 0.25) is 5.02 Å². The number of para-hydroxylation sites is 1. The Kier molecular flexibility index (Phi) is 6.95. The van der Waals surface area contributed by atoms with E-state index in [4.69, 9.17) is 19.4 Å². The van der Waals surface area contributed by atoms with Crippen LogP contribution in [0.5, 0.6) is 5.75 Å². The SMILES string of the molecule is O=C(COc1ccccc1Cl)[O][Sn]([c]1ccccc1)([c]1ccccc1)[c]1ccccc1. The van der Waals surface area contributed by atoms with Crippen molar-refractivity contribution in [3.8, 4) is 5.75 Å². The van der Waals surface area contributed by atoms with Crippen LogP contribution in [0.3, 0.4) is 0 Å². The summed E-state index contributed by atoms with van der Waals surface area (Å²) in [5, 5.41) is 0.458. The summed E-state index contributed by atoms with van der Waals surface area (Å²) in [5.41, 5.74) is 0. The maximum atomic E-state index is 13.1. The second-order valence-corrected chi connectivity index (χ2v) is 16.8. The van der Waals surface area contributed by atoms with E-state index in [1.165, 1.54) is 0 Å². The Morgan fingerprint density at radius 1 is 0.645 bits per heavy atom. The van der Waals surface area contributed by atoms with Gasteiger partial charge in [0.1, 0.15) is 0 Å². The molecular weight excluding hydrogens is 514 g/mol. The third-order valence-electron chi connectivity index (χ3n) is 4.99. The van der Waals surface area contributed by atoms with E-state index < -0.39 is 24.8 Å². The summed E-state index contributed by atoms with van der Waals surface area (Å²) in [6.07, 6.45) is 0. The van der Waals surface area contributed by atoms with Crippen molar-refractivity contribution in [3.05, 3.63) is 120 Å². The van der Waals surface area contributed by atoms with Crippen LogP contribution in [0, 0.1) is 0 Å². The monoisotopic (exact) mass is 536 g/mol. The summed E-state index contributed by atoms with van der Waals surface area (Å²) in [6.45, 7) is -0.213. The van der Waals surface area contributed by atoms with Gasteiger partial charge in [0, 0.05) is 0 Å². The van der Waals surface area contributed by atoms with Crippen molar-refractivity contribution in [2.45, 2.75) is 0 Å². The number of hydrogen-bond donors (Lipinski definition) is 0. The Bertz CT molecular complexity index is 1040. The molecular formula is C26H21ClO3Sn. The molecule has 4 rings (SSSR count). The molecule has 0 unspecified atom stereocenters. The Labute approximate surface area is 191 Å². The number of hydrogen-bond acceptors (Lipinski definition) is 3. The third-order valence-corrected chi connectivity index (χ3v) is 16.6. The Morgan fingerprint density at radius 3 is 1.52 bits per heavy atom. The van der Waals surface area contributed by atoms with Gasteiger partial charge in [-0.1, -0.05) is 0 Å². The Morgan fingerprint density at radius 2 is 1.06 bits per heavy atom. The summed E-state index contributed by atoms with van der Waals surface area (Å²) in [6, 6.07) is 37.2. The second-order valence-electron chi connectivity index (χ2n) is 6.97. The van der Waals surface area contributed by atoms with Gasteiger partial charge in [-0.05, 0) is 0 Å². The van der Waals surface area contributed by atoms with Gasteiger partial charge in [0.2, 0.25) is 0 Å². The van der Waals surface area contributed by atoms with E-state index >= 15 is 0 Å². The van der Waals surface area contributed by atoms with Crippen LogP contribution < -0.4 is 15.5 Å². The summed E-state index contributed by atoms with van der Waals surface area (Å²) >= 11 is 2.05. The molecule has 3 nitrogen and oxygen atoms in total. The molecule has 0 aromatic heterocycles. The fourth-order valence-electron chi connectivity index (χ4n) is 3.59. The van der Waals surface area contributed by atoms with Gasteiger partial charge in [0.05, 0.1) is 0 Å². The molecule has 0 heterocycles. The standard InChI is InChI=1S/C8H7ClO3.3C6H5.Sn/c9-6-3-1-2-4-7(6)12-5-8(10)11;3*1-2-4-6-5-3-1;/h1-4H,5H2,(H,10,11);3*1-5H;/q;;;;+1/p-1. The van der Waals surface area contributed by atoms with Gasteiger partial charge in [0.15, 0.2) is 0 Å². The van der Waals surface area contributed by atoms with Crippen LogP contribution in [0.1, 0.15) is 0 Å². The minimum atomic E-state index is -4.12. The summed E-state index contributed by atoms with van der Waals surface area (Å²) < 4.78 is 15.3. The van der Waals surface area contributed by atoms with Crippen molar-refractivity contribution >= 4 is 47.1 Å². The molecule has 0 amide bonds. The van der Waals surface area contributed by atoms with Crippen molar-refractivity contribution in [1.29, 1.82) is 0 Å². The van der Waals surface area contributed by atoms with E-state index in [1.807, 2.05) is 66.7 Å². The van der Waals surface area contributed by atoms with Crippen LogP contribution in [0.4, 0.5) is 0 Å². The zero-order valence-electron chi connectivity index (χ0n) is 16.8. The van der Waals surface area contributed by atoms with Crippen molar-refractivity contribution in [2.24, 2.45) is 0 Å². The number of halogens is 1. The molecule has 0 aliphatic heterocycles. The molecule has 0 fully saturated rings. The van der Waals surface area contributed by atoms with Crippen molar-refractivity contribution < 1.29 is 12.6 Å². The predicted molar refractivity (Wildman–Crippen MR) is 127 cm³/mol. The van der Waals surface area contributed by atoms with E-state index in [1.54, 1.807) is 12.1 Å². The number of carbonyl (C=O) groups is 1. The molecule has 4 aromatic rings. The van der Waals surface area contributed by atoms with E-state index in [-0.39, 0.29) is 6.61 Å². The molecule has 0 N–H and O–H groups in total. The van der Waals surface area contributed by atoms with Crippen molar-refractivity contribution in [3.63, 3.8) is 0 Å². The van der Waals surface area contributed by atoms with Crippen LogP contribution in [0.25, 0.3) is 0 Å². The third kappa shape index (κ3) is 4.78. The average molecular weight is 536 g/mol. The average Bonchev–Trinajstić information content (AvgIpc) is 2.84. The fraction of sp³-hybridized carbons (Fsp3) is 0.0385. The van der Waals surface area contributed by atoms with Gasteiger partial charge < -0.3 is 0 Å². The summed E-state index contributed by atoms with van der Waals surface area (Å²) in [4.78, 5) is 13.1. The van der Waals surface area contributed by atoms with E-state index in [9.17, 15) is 4.79 Å². The summed E-state index contributed by atoms with van der Waals surface area (Å²) in [7, 11) is 0. The fourth-order valence-corrected chi connectivity index (χ4v) is 14.5. The normalized spacial score (nSPS) is 11.0. The molecule has 154 valence electrons. The molecule has 4 aromatic carbocycles. The first-order chi connectivity index (χ1) is 15.2. The first-order valence-corrected chi connectivity index (χ1v) is 15.8. The van der Waals surface area contributed by atoms with Crippen LogP contribution >= 0.6 is 11.6 Å². The van der Waals surface area contributed by atoms with Gasteiger partial charge >= 0.3 is 192 Å². The molecule has 0 radical (unpaired) electrons. The quantitative estimate of drug-likeness (QED) is 0.337. The number of ether oxygens (including phenoxy) is 1. The topological polar surface area (TPSA) is 35.5 Å². The number of benzene rings is 4. The Balaban J connectivity index is 1.75. The molecule has 0 saturated heterocycles. The molecule has 0 bridgehead atoms. The van der Waals surface area contributed by atoms with Gasteiger partial charge in [0.25, 0.3) is 0 Å². The van der Waals surface area contributed by atoms with E-state index in [0.717, 1.165) is 10.7 Å². The number of carbonyl (C=O) groups excluding carboxylic acids is 1. The zero-order valence-corrected chi connectivity index (χ0v) is 20.4. The van der Waals surface area contributed by atoms with Crippen LogP contribution in [-0.4, -0.2) is 31.4 Å². The first kappa shape index (κ1) is 21.5. The molecule has 0 spiro atoms. The maximum absolute atomic E-state index is 13.1. The zero-order chi connectivity index (χ0) is 21.5. The van der Waals surface area contributed by atoms with E-state index in [2.05, 4.69) is 36.4 Å². The second kappa shape index (κ2) is 10.0. The first-order valence-electron chi connectivity index (χ1n) is 9.96. The Hall–Kier alpha value is -2.76. The predicted octanol–water partition coefficient (Wildman–Crippen LogP) is 3.93. The van der Waals surface area contributed by atoms with Crippen molar-refractivity contribution in [1.82, 2.24) is 0 Å². The molecule has 31 heavy (non-hydrogen) atoms. The van der Waals surface area contributed by atoms with Crippen LogP contribution in [0.15, 0.2) is 115 Å².